The number of amides is 1. The van der Waals surface area contributed by atoms with Gasteiger partial charge in [0.1, 0.15) is 5.78 Å². The van der Waals surface area contributed by atoms with E-state index in [1.54, 1.807) is 4.90 Å². The number of hydrogen-bond acceptors (Lipinski definition) is 3. The van der Waals surface area contributed by atoms with Crippen LogP contribution >= 0.6 is 27.3 Å². The van der Waals surface area contributed by atoms with E-state index in [0.717, 1.165) is 3.79 Å². The average molecular weight is 316 g/mol. The van der Waals surface area contributed by atoms with E-state index >= 15 is 0 Å². The third-order valence-corrected chi connectivity index (χ3v) is 3.93. The van der Waals surface area contributed by atoms with Gasteiger partial charge in [-0.1, -0.05) is 0 Å². The molecule has 2 heterocycles. The summed E-state index contributed by atoms with van der Waals surface area (Å²) in [6.45, 7) is 7.12. The van der Waals surface area contributed by atoms with Crippen molar-refractivity contribution < 1.29 is 9.59 Å². The Morgan fingerprint density at radius 1 is 1.35 bits per heavy atom. The monoisotopic (exact) mass is 315 g/mol. The van der Waals surface area contributed by atoms with Crippen molar-refractivity contribution in [2.24, 2.45) is 0 Å². The molecule has 0 bridgehead atoms. The molecule has 3 nitrogen and oxygen atoms in total. The second-order valence-electron chi connectivity index (χ2n) is 3.47. The van der Waals surface area contributed by atoms with Crippen LogP contribution in [0, 0.1) is 0 Å². The minimum absolute atomic E-state index is 0.0319. The van der Waals surface area contributed by atoms with E-state index in [1.165, 1.54) is 11.3 Å². The molecule has 0 unspecified atom stereocenters. The maximum atomic E-state index is 11.9. The van der Waals surface area contributed by atoms with Crippen molar-refractivity contribution in [3.05, 3.63) is 34.0 Å². The van der Waals surface area contributed by atoms with Gasteiger partial charge in [0.2, 0.25) is 0 Å². The second-order valence-corrected chi connectivity index (χ2v) is 5.76. The number of hydrogen-bond donors (Lipinski definition) is 0. The fraction of sp³-hybridized carbons (Fsp3) is 0.333. The molecule has 1 fully saturated rings. The lowest BCUT2D eigenvalue weighted by atomic mass is 10.1. The Kier molecular flexibility index (Phi) is 5.58. The molecule has 0 radical (unpaired) electrons. The van der Waals surface area contributed by atoms with Gasteiger partial charge in [0.05, 0.1) is 9.35 Å². The zero-order valence-electron chi connectivity index (χ0n) is 9.45. The summed E-state index contributed by atoms with van der Waals surface area (Å²) in [6.07, 6.45) is 0.994. The molecule has 1 aliphatic rings. The van der Waals surface area contributed by atoms with Crippen molar-refractivity contribution in [1.82, 2.24) is 4.90 Å². The Labute approximate surface area is 113 Å². The molecule has 17 heavy (non-hydrogen) atoms. The van der Waals surface area contributed by atoms with Gasteiger partial charge in [-0.15, -0.1) is 24.5 Å². The Morgan fingerprint density at radius 2 is 1.94 bits per heavy atom. The van der Waals surface area contributed by atoms with E-state index in [2.05, 4.69) is 29.1 Å². The summed E-state index contributed by atoms with van der Waals surface area (Å²) in [5.41, 5.74) is 0.709. The van der Waals surface area contributed by atoms with Crippen LogP contribution in [0.5, 0.6) is 0 Å². The van der Waals surface area contributed by atoms with Gasteiger partial charge >= 0.3 is 0 Å². The lowest BCUT2D eigenvalue weighted by molar-refractivity contribution is -0.120. The van der Waals surface area contributed by atoms with E-state index in [-0.39, 0.29) is 11.7 Å². The van der Waals surface area contributed by atoms with Crippen LogP contribution in [0.25, 0.3) is 0 Å². The molecule has 1 aromatic heterocycles. The highest BCUT2D eigenvalue weighted by molar-refractivity contribution is 9.11. The molecule has 0 saturated carbocycles. The van der Waals surface area contributed by atoms with Crippen LogP contribution in [0.3, 0.4) is 0 Å². The SMILES string of the molecule is C=C.O=C1CCN(C(=O)c2csc(Br)c2)CC1. The van der Waals surface area contributed by atoms with Gasteiger partial charge in [0.15, 0.2) is 0 Å². The van der Waals surface area contributed by atoms with Gasteiger partial charge in [-0.05, 0) is 22.0 Å². The molecule has 92 valence electrons. The fourth-order valence-electron chi connectivity index (χ4n) is 1.56. The van der Waals surface area contributed by atoms with Crippen molar-refractivity contribution in [3.8, 4) is 0 Å². The normalized spacial score (nSPS) is 15.1. The number of likely N-dealkylation sites (tertiary alicyclic amines) is 1. The van der Waals surface area contributed by atoms with Crippen molar-refractivity contribution in [3.63, 3.8) is 0 Å². The van der Waals surface area contributed by atoms with Gasteiger partial charge in [-0.3, -0.25) is 9.59 Å². The lowest BCUT2D eigenvalue weighted by Crippen LogP contribution is -2.38. The standard InChI is InChI=1S/C10H10BrNO2S.C2H4/c11-9-5-7(6-15-9)10(14)12-3-1-8(13)2-4-12;1-2/h5-6H,1-4H2;1-2H2. The van der Waals surface area contributed by atoms with Gasteiger partial charge in [-0.2, -0.15) is 0 Å². The first-order valence-corrected chi connectivity index (χ1v) is 6.89. The summed E-state index contributed by atoms with van der Waals surface area (Å²) in [5, 5.41) is 1.84. The number of ketones is 1. The first kappa shape index (κ1) is 14.1. The maximum Gasteiger partial charge on any atom is 0.254 e. The maximum absolute atomic E-state index is 11.9. The molecule has 0 atom stereocenters. The number of halogens is 1. The summed E-state index contributed by atoms with van der Waals surface area (Å²) < 4.78 is 0.957. The highest BCUT2D eigenvalue weighted by Gasteiger charge is 2.22. The molecule has 0 aromatic carbocycles. The molecule has 1 aromatic rings. The summed E-state index contributed by atoms with van der Waals surface area (Å²) >= 11 is 4.83. The van der Waals surface area contributed by atoms with Crippen LogP contribution in [0.4, 0.5) is 0 Å². The minimum Gasteiger partial charge on any atom is -0.338 e. The number of nitrogens with zero attached hydrogens (tertiary/aromatic N) is 1. The van der Waals surface area contributed by atoms with E-state index in [1.807, 2.05) is 11.4 Å². The quantitative estimate of drug-likeness (QED) is 0.747. The van der Waals surface area contributed by atoms with Crippen LogP contribution in [0.1, 0.15) is 23.2 Å². The third-order valence-electron chi connectivity index (χ3n) is 2.42. The number of Topliss-reactive ketones (excluding diaryl/α,β-unsaturated/α-hetero) is 1. The molecular weight excluding hydrogens is 302 g/mol. The summed E-state index contributed by atoms with van der Waals surface area (Å²) in [5.74, 6) is 0.287. The van der Waals surface area contributed by atoms with Gasteiger partial charge in [0.25, 0.3) is 5.91 Å². The predicted molar refractivity (Wildman–Crippen MR) is 73.4 cm³/mol. The minimum atomic E-state index is 0.0319. The number of carbonyl (C=O) groups is 2. The Morgan fingerprint density at radius 3 is 2.41 bits per heavy atom. The van der Waals surface area contributed by atoms with Crippen LogP contribution in [0.15, 0.2) is 28.4 Å². The van der Waals surface area contributed by atoms with Crippen LogP contribution in [-0.2, 0) is 4.79 Å². The van der Waals surface area contributed by atoms with Gasteiger partial charge in [0, 0.05) is 31.3 Å². The third kappa shape index (κ3) is 3.78. The van der Waals surface area contributed by atoms with E-state index < -0.39 is 0 Å². The van der Waals surface area contributed by atoms with Gasteiger partial charge < -0.3 is 4.90 Å². The van der Waals surface area contributed by atoms with E-state index in [9.17, 15) is 9.59 Å². The second kappa shape index (κ2) is 6.71. The highest BCUT2D eigenvalue weighted by atomic mass is 79.9. The number of carbonyl (C=O) groups excluding carboxylic acids is 2. The van der Waals surface area contributed by atoms with Crippen molar-refractivity contribution in [2.75, 3.05) is 13.1 Å². The smallest absolute Gasteiger partial charge is 0.254 e. The first-order chi connectivity index (χ1) is 8.16. The molecule has 2 rings (SSSR count). The Bertz CT molecular complexity index is 406. The summed E-state index contributed by atoms with van der Waals surface area (Å²) in [7, 11) is 0. The largest absolute Gasteiger partial charge is 0.338 e. The first-order valence-electron chi connectivity index (χ1n) is 5.22. The highest BCUT2D eigenvalue weighted by Crippen LogP contribution is 2.22. The fourth-order valence-corrected chi connectivity index (χ4v) is 2.69. The average Bonchev–Trinajstić information content (AvgIpc) is 2.79. The summed E-state index contributed by atoms with van der Waals surface area (Å²) in [4.78, 5) is 24.7. The van der Waals surface area contributed by atoms with Crippen molar-refractivity contribution >= 4 is 39.0 Å². The lowest BCUT2D eigenvalue weighted by Gasteiger charge is -2.25. The van der Waals surface area contributed by atoms with Crippen LogP contribution in [0.2, 0.25) is 0 Å². The molecular formula is C12H14BrNO2S. The van der Waals surface area contributed by atoms with E-state index in [4.69, 9.17) is 0 Å². The van der Waals surface area contributed by atoms with Gasteiger partial charge in [-0.25, -0.2) is 0 Å². The number of piperidine rings is 1. The zero-order valence-corrected chi connectivity index (χ0v) is 11.8. The van der Waals surface area contributed by atoms with E-state index in [0.29, 0.717) is 31.5 Å². The van der Waals surface area contributed by atoms with Crippen LogP contribution in [-0.4, -0.2) is 29.7 Å². The molecule has 5 heteroatoms. The zero-order chi connectivity index (χ0) is 12.8. The Balaban J connectivity index is 0.000000686. The van der Waals surface area contributed by atoms with Crippen LogP contribution < -0.4 is 0 Å². The molecule has 1 saturated heterocycles. The van der Waals surface area contributed by atoms with Crippen molar-refractivity contribution in [2.45, 2.75) is 12.8 Å². The molecule has 0 spiro atoms. The topological polar surface area (TPSA) is 37.4 Å². The van der Waals surface area contributed by atoms with Crippen molar-refractivity contribution in [1.29, 1.82) is 0 Å². The Hall–Kier alpha value is -0.940. The predicted octanol–water partition coefficient (Wildman–Crippen LogP) is 3.12. The molecule has 0 aliphatic carbocycles. The molecule has 1 amide bonds. The molecule has 1 aliphatic heterocycles. The summed E-state index contributed by atoms with van der Waals surface area (Å²) in [6, 6.07) is 1.82. The molecule has 0 N–H and O–H groups in total. The number of thiophene rings is 1. The number of rotatable bonds is 1.